The minimum absolute atomic E-state index is 0.108. The van der Waals surface area contributed by atoms with E-state index in [0.29, 0.717) is 23.4 Å². The Balaban J connectivity index is 1.90. The lowest BCUT2D eigenvalue weighted by Gasteiger charge is -2.07. The van der Waals surface area contributed by atoms with Gasteiger partial charge in [-0.1, -0.05) is 0 Å². The molecule has 0 saturated carbocycles. The van der Waals surface area contributed by atoms with Crippen molar-refractivity contribution in [3.63, 3.8) is 0 Å². The van der Waals surface area contributed by atoms with Crippen LogP contribution < -0.4 is 4.72 Å². The summed E-state index contributed by atoms with van der Waals surface area (Å²) in [6.45, 7) is 0. The Morgan fingerprint density at radius 3 is 2.28 bits per heavy atom. The molecule has 0 fully saturated rings. The molecule has 0 aliphatic carbocycles. The molecule has 0 spiro atoms. The van der Waals surface area contributed by atoms with Gasteiger partial charge in [0.15, 0.2) is 22.6 Å². The molecule has 0 unspecified atom stereocenters. The number of hydrogen-bond donors (Lipinski definition) is 1. The number of benzene rings is 2. The summed E-state index contributed by atoms with van der Waals surface area (Å²) in [5, 5.41) is 1.40. The molecule has 0 bridgehead atoms. The average Bonchev–Trinajstić information content (AvgIpc) is 3.00. The van der Waals surface area contributed by atoms with Crippen LogP contribution in [0, 0.1) is 23.3 Å². The molecule has 4 nitrogen and oxygen atoms in total. The summed E-state index contributed by atoms with van der Waals surface area (Å²) in [6, 6.07) is 6.48. The molecule has 0 saturated heterocycles. The molecular weight excluding hydrogens is 380 g/mol. The Bertz CT molecular complexity index is 1030. The van der Waals surface area contributed by atoms with Crippen LogP contribution in [0.5, 0.6) is 0 Å². The minimum Gasteiger partial charge on any atom is -0.255 e. The third kappa shape index (κ3) is 3.49. The first kappa shape index (κ1) is 17.4. The van der Waals surface area contributed by atoms with E-state index >= 15 is 0 Å². The van der Waals surface area contributed by atoms with Crippen molar-refractivity contribution >= 4 is 26.5 Å². The molecule has 130 valence electrons. The number of sulfonamides is 1. The quantitative estimate of drug-likeness (QED) is 0.539. The van der Waals surface area contributed by atoms with E-state index in [0.717, 1.165) is 11.3 Å². The van der Waals surface area contributed by atoms with Crippen LogP contribution in [0.2, 0.25) is 0 Å². The van der Waals surface area contributed by atoms with Crippen molar-refractivity contribution in [3.8, 4) is 11.3 Å². The van der Waals surface area contributed by atoms with E-state index in [1.165, 1.54) is 29.6 Å². The summed E-state index contributed by atoms with van der Waals surface area (Å²) in [7, 11) is -4.50. The maximum atomic E-state index is 13.7. The smallest absolute Gasteiger partial charge is 0.255 e. The second-order valence-corrected chi connectivity index (χ2v) is 7.33. The van der Waals surface area contributed by atoms with Crippen molar-refractivity contribution in [1.29, 1.82) is 0 Å². The highest BCUT2D eigenvalue weighted by molar-refractivity contribution is 7.93. The number of anilines is 1. The molecule has 0 amide bonds. The van der Waals surface area contributed by atoms with Gasteiger partial charge in [-0.15, -0.1) is 11.3 Å². The minimum atomic E-state index is -4.50. The van der Waals surface area contributed by atoms with Crippen LogP contribution in [-0.2, 0) is 10.0 Å². The van der Waals surface area contributed by atoms with E-state index in [4.69, 9.17) is 0 Å². The Morgan fingerprint density at radius 1 is 0.920 bits per heavy atom. The van der Waals surface area contributed by atoms with Gasteiger partial charge in [0.1, 0.15) is 10.7 Å². The van der Waals surface area contributed by atoms with Crippen LogP contribution in [0.25, 0.3) is 11.3 Å². The van der Waals surface area contributed by atoms with Gasteiger partial charge in [-0.25, -0.2) is 31.0 Å². The van der Waals surface area contributed by atoms with Crippen molar-refractivity contribution in [1.82, 2.24) is 4.98 Å². The first-order chi connectivity index (χ1) is 11.8. The average molecular weight is 388 g/mol. The van der Waals surface area contributed by atoms with Crippen molar-refractivity contribution in [2.75, 3.05) is 4.72 Å². The molecule has 1 heterocycles. The fourth-order valence-corrected chi connectivity index (χ4v) is 4.00. The van der Waals surface area contributed by atoms with Crippen LogP contribution >= 0.6 is 11.3 Å². The zero-order chi connectivity index (χ0) is 18.2. The van der Waals surface area contributed by atoms with Crippen molar-refractivity contribution in [3.05, 3.63) is 65.0 Å². The molecule has 3 aromatic rings. The monoisotopic (exact) mass is 388 g/mol. The van der Waals surface area contributed by atoms with Gasteiger partial charge < -0.3 is 0 Å². The summed E-state index contributed by atoms with van der Waals surface area (Å²) in [5.74, 6) is -5.63. The maximum Gasteiger partial charge on any atom is 0.266 e. The fraction of sp³-hybridized carbons (Fsp3) is 0. The van der Waals surface area contributed by atoms with E-state index in [9.17, 15) is 26.0 Å². The lowest BCUT2D eigenvalue weighted by molar-refractivity contribution is 0.432. The Labute approximate surface area is 143 Å². The second kappa shape index (κ2) is 6.45. The Kier molecular flexibility index (Phi) is 4.48. The standard InChI is InChI=1S/C15H8F4N2O2S2/c16-9-3-1-8(2-4-9)11-7-24-15(20-11)21-25(22,23)12-6-5-10(17)13(18)14(12)19/h1-7H,(H,20,21). The summed E-state index contributed by atoms with van der Waals surface area (Å²) < 4.78 is 79.1. The summed E-state index contributed by atoms with van der Waals surface area (Å²) in [5.41, 5.74) is 0.913. The normalized spacial score (nSPS) is 11.5. The maximum absolute atomic E-state index is 13.7. The van der Waals surface area contributed by atoms with Gasteiger partial charge in [-0.05, 0) is 36.4 Å². The third-order valence-electron chi connectivity index (χ3n) is 3.16. The number of rotatable bonds is 4. The number of halogens is 4. The molecule has 1 aromatic heterocycles. The highest BCUT2D eigenvalue weighted by Crippen LogP contribution is 2.28. The largest absolute Gasteiger partial charge is 0.266 e. The highest BCUT2D eigenvalue weighted by atomic mass is 32.2. The Hall–Kier alpha value is -2.46. The highest BCUT2D eigenvalue weighted by Gasteiger charge is 2.25. The Morgan fingerprint density at radius 2 is 1.60 bits per heavy atom. The van der Waals surface area contributed by atoms with E-state index in [2.05, 4.69) is 4.98 Å². The SMILES string of the molecule is O=S(=O)(Nc1nc(-c2ccc(F)cc2)cs1)c1ccc(F)c(F)c1F. The van der Waals surface area contributed by atoms with Gasteiger partial charge >= 0.3 is 0 Å². The van der Waals surface area contributed by atoms with Gasteiger partial charge in [0.25, 0.3) is 10.0 Å². The van der Waals surface area contributed by atoms with E-state index in [-0.39, 0.29) is 5.13 Å². The predicted molar refractivity (Wildman–Crippen MR) is 84.6 cm³/mol. The van der Waals surface area contributed by atoms with Gasteiger partial charge in [-0.2, -0.15) is 0 Å². The lowest BCUT2D eigenvalue weighted by atomic mass is 10.2. The van der Waals surface area contributed by atoms with Crippen molar-refractivity contribution in [2.45, 2.75) is 4.90 Å². The van der Waals surface area contributed by atoms with Gasteiger partial charge in [-0.3, -0.25) is 4.72 Å². The van der Waals surface area contributed by atoms with Gasteiger partial charge in [0.05, 0.1) is 5.69 Å². The molecule has 10 heteroatoms. The fourth-order valence-electron chi connectivity index (χ4n) is 1.96. The van der Waals surface area contributed by atoms with Gasteiger partial charge in [0, 0.05) is 10.9 Å². The van der Waals surface area contributed by atoms with E-state index in [1.54, 1.807) is 0 Å². The number of nitrogens with zero attached hydrogens (tertiary/aromatic N) is 1. The number of hydrogen-bond acceptors (Lipinski definition) is 4. The number of nitrogens with one attached hydrogen (secondary N) is 1. The summed E-state index contributed by atoms with van der Waals surface area (Å²) in [6.07, 6.45) is 0. The topological polar surface area (TPSA) is 59.1 Å². The van der Waals surface area contributed by atoms with E-state index < -0.39 is 38.2 Å². The second-order valence-electron chi connectivity index (χ2n) is 4.82. The summed E-state index contributed by atoms with van der Waals surface area (Å²) in [4.78, 5) is 2.97. The molecule has 3 rings (SSSR count). The predicted octanol–water partition coefficient (Wildman–Crippen LogP) is 4.17. The van der Waals surface area contributed by atoms with Crippen LogP contribution in [0.3, 0.4) is 0 Å². The first-order valence-electron chi connectivity index (χ1n) is 6.66. The van der Waals surface area contributed by atoms with Crippen LogP contribution in [0.15, 0.2) is 46.7 Å². The van der Waals surface area contributed by atoms with Crippen LogP contribution in [0.1, 0.15) is 0 Å². The molecular formula is C15H8F4N2O2S2. The first-order valence-corrected chi connectivity index (χ1v) is 9.02. The van der Waals surface area contributed by atoms with Crippen LogP contribution in [0.4, 0.5) is 22.7 Å². The molecule has 25 heavy (non-hydrogen) atoms. The third-order valence-corrected chi connectivity index (χ3v) is 5.40. The molecule has 0 radical (unpaired) electrons. The summed E-state index contributed by atoms with van der Waals surface area (Å²) >= 11 is 0.898. The van der Waals surface area contributed by atoms with Crippen molar-refractivity contribution < 1.29 is 26.0 Å². The van der Waals surface area contributed by atoms with Crippen LogP contribution in [-0.4, -0.2) is 13.4 Å². The number of aromatic nitrogens is 1. The molecule has 0 atom stereocenters. The lowest BCUT2D eigenvalue weighted by Crippen LogP contribution is -2.15. The zero-order valence-corrected chi connectivity index (χ0v) is 13.8. The number of thiazole rings is 1. The molecule has 0 aliphatic heterocycles. The molecule has 2 aromatic carbocycles. The van der Waals surface area contributed by atoms with Gasteiger partial charge in [0.2, 0.25) is 0 Å². The van der Waals surface area contributed by atoms with E-state index in [1.807, 2.05) is 4.72 Å². The zero-order valence-electron chi connectivity index (χ0n) is 12.1. The molecule has 0 aliphatic rings. The van der Waals surface area contributed by atoms with Crippen molar-refractivity contribution in [2.24, 2.45) is 0 Å². The molecule has 1 N–H and O–H groups in total.